The number of benzene rings is 2. The molecule has 2 nitrogen and oxygen atoms in total. The Balaban J connectivity index is 1.84. The summed E-state index contributed by atoms with van der Waals surface area (Å²) in [6.45, 7) is 0. The summed E-state index contributed by atoms with van der Waals surface area (Å²) in [5.74, 6) is 0.560. The lowest BCUT2D eigenvalue weighted by Crippen LogP contribution is -2.00. The molecular formula is C16H12BrClO2. The maximum absolute atomic E-state index is 10.3. The number of hydrogen-bond donors (Lipinski definition) is 1. The highest BCUT2D eigenvalue weighted by molar-refractivity contribution is 9.10. The first kappa shape index (κ1) is 13.7. The fourth-order valence-electron chi connectivity index (χ4n) is 2.14. The van der Waals surface area contributed by atoms with Gasteiger partial charge in [-0.1, -0.05) is 39.7 Å². The van der Waals surface area contributed by atoms with Crippen molar-refractivity contribution in [2.45, 2.75) is 12.5 Å². The second-order valence-electron chi connectivity index (χ2n) is 4.68. The van der Waals surface area contributed by atoms with Crippen LogP contribution in [-0.2, 0) is 6.42 Å². The van der Waals surface area contributed by atoms with E-state index in [1.165, 1.54) is 0 Å². The number of aliphatic hydroxyl groups is 1. The van der Waals surface area contributed by atoms with Gasteiger partial charge in [-0.05, 0) is 42.0 Å². The summed E-state index contributed by atoms with van der Waals surface area (Å²) in [5, 5.41) is 11.8. The summed E-state index contributed by atoms with van der Waals surface area (Å²) >= 11 is 9.34. The second kappa shape index (κ2) is 5.60. The summed E-state index contributed by atoms with van der Waals surface area (Å²) in [6, 6.07) is 15.1. The molecule has 1 unspecified atom stereocenters. The second-order valence-corrected chi connectivity index (χ2v) is 6.03. The number of aliphatic hydroxyl groups excluding tert-OH is 1. The molecule has 0 saturated carbocycles. The van der Waals surface area contributed by atoms with Crippen LogP contribution in [-0.4, -0.2) is 5.11 Å². The van der Waals surface area contributed by atoms with E-state index in [9.17, 15) is 5.11 Å². The van der Waals surface area contributed by atoms with Gasteiger partial charge in [-0.2, -0.15) is 0 Å². The predicted molar refractivity (Wildman–Crippen MR) is 84.0 cm³/mol. The van der Waals surface area contributed by atoms with Crippen molar-refractivity contribution >= 4 is 38.5 Å². The van der Waals surface area contributed by atoms with E-state index < -0.39 is 6.10 Å². The van der Waals surface area contributed by atoms with Gasteiger partial charge in [-0.15, -0.1) is 0 Å². The molecule has 1 heterocycles. The Morgan fingerprint density at radius 1 is 1.10 bits per heavy atom. The molecular weight excluding hydrogens is 340 g/mol. The van der Waals surface area contributed by atoms with E-state index >= 15 is 0 Å². The molecule has 0 bridgehead atoms. The summed E-state index contributed by atoms with van der Waals surface area (Å²) < 4.78 is 6.69. The molecule has 0 fully saturated rings. The van der Waals surface area contributed by atoms with Crippen LogP contribution in [0.3, 0.4) is 0 Å². The molecule has 102 valence electrons. The van der Waals surface area contributed by atoms with Crippen LogP contribution in [0, 0.1) is 0 Å². The molecule has 1 N–H and O–H groups in total. The van der Waals surface area contributed by atoms with Gasteiger partial charge in [0, 0.05) is 21.3 Å². The molecule has 3 aromatic rings. The SMILES string of the molecule is OC(Cc1ccc(Br)cc1)c1cc2cc(Cl)ccc2o1. The normalized spacial score (nSPS) is 12.8. The Kier molecular flexibility index (Phi) is 3.83. The predicted octanol–water partition coefficient (Wildman–Crippen LogP) is 5.12. The van der Waals surface area contributed by atoms with Gasteiger partial charge in [0.2, 0.25) is 0 Å². The Hall–Kier alpha value is -1.29. The lowest BCUT2D eigenvalue weighted by molar-refractivity contribution is 0.152. The van der Waals surface area contributed by atoms with E-state index in [2.05, 4.69) is 15.9 Å². The highest BCUT2D eigenvalue weighted by atomic mass is 79.9. The van der Waals surface area contributed by atoms with Gasteiger partial charge in [0.25, 0.3) is 0 Å². The van der Waals surface area contributed by atoms with Gasteiger partial charge in [-0.25, -0.2) is 0 Å². The van der Waals surface area contributed by atoms with Crippen LogP contribution in [0.2, 0.25) is 5.02 Å². The van der Waals surface area contributed by atoms with E-state index in [0.717, 1.165) is 21.0 Å². The average molecular weight is 352 g/mol. The molecule has 0 saturated heterocycles. The van der Waals surface area contributed by atoms with Gasteiger partial charge in [-0.3, -0.25) is 0 Å². The van der Waals surface area contributed by atoms with Crippen LogP contribution in [0.15, 0.2) is 57.4 Å². The number of halogens is 2. The zero-order valence-electron chi connectivity index (χ0n) is 10.5. The van der Waals surface area contributed by atoms with Crippen molar-refractivity contribution in [3.63, 3.8) is 0 Å². The number of hydrogen-bond acceptors (Lipinski definition) is 2. The minimum absolute atomic E-state index is 0.515. The quantitative estimate of drug-likeness (QED) is 0.710. The van der Waals surface area contributed by atoms with Gasteiger partial charge < -0.3 is 9.52 Å². The fraction of sp³-hybridized carbons (Fsp3) is 0.125. The maximum Gasteiger partial charge on any atom is 0.134 e. The van der Waals surface area contributed by atoms with Crippen molar-refractivity contribution in [2.24, 2.45) is 0 Å². The van der Waals surface area contributed by atoms with Crippen molar-refractivity contribution in [3.05, 3.63) is 69.3 Å². The first-order valence-electron chi connectivity index (χ1n) is 6.23. The average Bonchev–Trinajstić information content (AvgIpc) is 2.84. The number of furan rings is 1. The van der Waals surface area contributed by atoms with Crippen molar-refractivity contribution < 1.29 is 9.52 Å². The zero-order valence-corrected chi connectivity index (χ0v) is 12.9. The molecule has 0 aliphatic heterocycles. The maximum atomic E-state index is 10.3. The highest BCUT2D eigenvalue weighted by Crippen LogP contribution is 2.28. The molecule has 2 aromatic carbocycles. The third-order valence-corrected chi connectivity index (χ3v) is 3.93. The first-order chi connectivity index (χ1) is 9.61. The number of rotatable bonds is 3. The van der Waals surface area contributed by atoms with E-state index in [-0.39, 0.29) is 0 Å². The summed E-state index contributed by atoms with van der Waals surface area (Å²) in [4.78, 5) is 0. The van der Waals surface area contributed by atoms with Crippen LogP contribution >= 0.6 is 27.5 Å². The summed E-state index contributed by atoms with van der Waals surface area (Å²) in [5.41, 5.74) is 1.79. The Labute approximate surface area is 130 Å². The highest BCUT2D eigenvalue weighted by Gasteiger charge is 2.14. The molecule has 0 aliphatic rings. The molecule has 1 aromatic heterocycles. The minimum atomic E-state index is -0.664. The van der Waals surface area contributed by atoms with Crippen molar-refractivity contribution in [1.29, 1.82) is 0 Å². The first-order valence-corrected chi connectivity index (χ1v) is 7.40. The van der Waals surface area contributed by atoms with Gasteiger partial charge in [0.05, 0.1) is 0 Å². The summed E-state index contributed by atoms with van der Waals surface area (Å²) in [6.07, 6.45) is -0.150. The van der Waals surface area contributed by atoms with E-state index in [1.807, 2.05) is 42.5 Å². The smallest absolute Gasteiger partial charge is 0.134 e. The van der Waals surface area contributed by atoms with Gasteiger partial charge in [0.15, 0.2) is 0 Å². The lowest BCUT2D eigenvalue weighted by Gasteiger charge is -2.07. The van der Waals surface area contributed by atoms with Gasteiger partial charge >= 0.3 is 0 Å². The minimum Gasteiger partial charge on any atom is -0.458 e. The van der Waals surface area contributed by atoms with Crippen LogP contribution in [0.4, 0.5) is 0 Å². The van der Waals surface area contributed by atoms with Crippen LogP contribution in [0.5, 0.6) is 0 Å². The van der Waals surface area contributed by atoms with Crippen LogP contribution < -0.4 is 0 Å². The molecule has 0 aliphatic carbocycles. The number of fused-ring (bicyclic) bond motifs is 1. The fourth-order valence-corrected chi connectivity index (χ4v) is 2.59. The topological polar surface area (TPSA) is 33.4 Å². The van der Waals surface area contributed by atoms with Crippen molar-refractivity contribution in [3.8, 4) is 0 Å². The molecule has 0 spiro atoms. The molecule has 20 heavy (non-hydrogen) atoms. The van der Waals surface area contributed by atoms with Crippen LogP contribution in [0.1, 0.15) is 17.4 Å². The molecule has 0 radical (unpaired) electrons. The molecule has 0 amide bonds. The Morgan fingerprint density at radius 2 is 1.85 bits per heavy atom. The molecule has 3 rings (SSSR count). The third kappa shape index (κ3) is 2.90. The van der Waals surface area contributed by atoms with Crippen LogP contribution in [0.25, 0.3) is 11.0 Å². The van der Waals surface area contributed by atoms with E-state index in [1.54, 1.807) is 6.07 Å². The van der Waals surface area contributed by atoms with Crippen molar-refractivity contribution in [1.82, 2.24) is 0 Å². The van der Waals surface area contributed by atoms with E-state index in [0.29, 0.717) is 17.2 Å². The van der Waals surface area contributed by atoms with E-state index in [4.69, 9.17) is 16.0 Å². The zero-order chi connectivity index (χ0) is 14.1. The largest absolute Gasteiger partial charge is 0.458 e. The standard InChI is InChI=1S/C16H12BrClO2/c17-12-3-1-10(2-4-12)7-14(19)16-9-11-8-13(18)5-6-15(11)20-16/h1-6,8-9,14,19H,7H2. The monoisotopic (exact) mass is 350 g/mol. The third-order valence-electron chi connectivity index (χ3n) is 3.17. The van der Waals surface area contributed by atoms with Crippen molar-refractivity contribution in [2.75, 3.05) is 0 Å². The lowest BCUT2D eigenvalue weighted by atomic mass is 10.1. The Morgan fingerprint density at radius 3 is 2.60 bits per heavy atom. The summed E-state index contributed by atoms with van der Waals surface area (Å²) in [7, 11) is 0. The molecule has 4 heteroatoms. The molecule has 1 atom stereocenters. The Bertz CT molecular complexity index is 734. The van der Waals surface area contributed by atoms with Gasteiger partial charge in [0.1, 0.15) is 17.4 Å².